The topological polar surface area (TPSA) is 109 Å². The molecule has 0 aliphatic heterocycles. The number of methoxy groups -OCH3 is 1. The molecule has 0 atom stereocenters. The van der Waals surface area contributed by atoms with Crippen LogP contribution in [-0.4, -0.2) is 18.0 Å². The van der Waals surface area contributed by atoms with E-state index < -0.39 is 10.9 Å². The number of hydrogen-bond acceptors (Lipinski definition) is 7. The fourth-order valence-corrected chi connectivity index (χ4v) is 2.31. The average Bonchev–Trinajstić information content (AvgIpc) is 2.67. The Hall–Kier alpha value is -3.94. The van der Waals surface area contributed by atoms with Crippen LogP contribution in [0.15, 0.2) is 64.0 Å². The lowest BCUT2D eigenvalue weighted by Gasteiger charge is -2.02. The van der Waals surface area contributed by atoms with Gasteiger partial charge in [0.25, 0.3) is 5.69 Å². The normalized spacial score (nSPS) is 10.9. The Morgan fingerprint density at radius 3 is 2.52 bits per heavy atom. The molecule has 3 rings (SSSR count). The number of carbonyl (C=O) groups excluding carboxylic acids is 1. The fraction of sp³-hybridized carbons (Fsp3) is 0.0526. The molecule has 27 heavy (non-hydrogen) atoms. The first-order valence-electron chi connectivity index (χ1n) is 7.72. The number of benzene rings is 2. The summed E-state index contributed by atoms with van der Waals surface area (Å²) in [6.07, 6.45) is 3.59. The molecule has 8 nitrogen and oxygen atoms in total. The molecule has 136 valence electrons. The monoisotopic (exact) mass is 367 g/mol. The van der Waals surface area contributed by atoms with Crippen LogP contribution >= 0.6 is 0 Å². The predicted molar refractivity (Wildman–Crippen MR) is 96.8 cm³/mol. The van der Waals surface area contributed by atoms with Gasteiger partial charge in [-0.1, -0.05) is 0 Å². The van der Waals surface area contributed by atoms with Crippen molar-refractivity contribution in [3.05, 3.63) is 80.7 Å². The van der Waals surface area contributed by atoms with E-state index >= 15 is 0 Å². The first-order chi connectivity index (χ1) is 13.0. The number of ether oxygens (including phenoxy) is 2. The summed E-state index contributed by atoms with van der Waals surface area (Å²) in [6, 6.07) is 9.86. The van der Waals surface area contributed by atoms with E-state index in [0.717, 1.165) is 6.08 Å². The van der Waals surface area contributed by atoms with Crippen LogP contribution in [0.25, 0.3) is 17.0 Å². The summed E-state index contributed by atoms with van der Waals surface area (Å²) in [5.41, 5.74) is 0.118. The van der Waals surface area contributed by atoms with Crippen LogP contribution in [0.2, 0.25) is 0 Å². The number of fused-ring (bicyclic) bond motifs is 1. The first-order valence-corrected chi connectivity index (χ1v) is 7.72. The molecule has 0 amide bonds. The molecule has 0 spiro atoms. The molecule has 1 aromatic heterocycles. The summed E-state index contributed by atoms with van der Waals surface area (Å²) in [5.74, 6) is -0.0356. The van der Waals surface area contributed by atoms with Crippen molar-refractivity contribution in [3.63, 3.8) is 0 Å². The lowest BCUT2D eigenvalue weighted by atomic mass is 10.1. The molecule has 1 heterocycles. The maximum Gasteiger partial charge on any atom is 0.336 e. The van der Waals surface area contributed by atoms with Crippen molar-refractivity contribution in [2.75, 3.05) is 7.11 Å². The first kappa shape index (κ1) is 17.9. The summed E-state index contributed by atoms with van der Waals surface area (Å²) >= 11 is 0. The largest absolute Gasteiger partial charge is 0.497 e. The van der Waals surface area contributed by atoms with Crippen LogP contribution in [0.4, 0.5) is 5.69 Å². The molecule has 0 unspecified atom stereocenters. The fourth-order valence-electron chi connectivity index (χ4n) is 2.31. The molecule has 2 aromatic carbocycles. The summed E-state index contributed by atoms with van der Waals surface area (Å²) in [6.45, 7) is 0. The highest BCUT2D eigenvalue weighted by molar-refractivity contribution is 5.89. The van der Waals surface area contributed by atoms with Gasteiger partial charge in [0.2, 0.25) is 0 Å². The van der Waals surface area contributed by atoms with Crippen molar-refractivity contribution < 1.29 is 23.6 Å². The van der Waals surface area contributed by atoms with Gasteiger partial charge in [-0.15, -0.1) is 0 Å². The molecule has 8 heteroatoms. The maximum absolute atomic E-state index is 12.4. The third-order valence-electron chi connectivity index (χ3n) is 3.67. The summed E-state index contributed by atoms with van der Waals surface area (Å²) in [7, 11) is 1.51. The number of non-ortho nitro benzene ring substituents is 1. The van der Waals surface area contributed by atoms with Crippen molar-refractivity contribution in [2.24, 2.45) is 0 Å². The van der Waals surface area contributed by atoms with Gasteiger partial charge in [0.15, 0.2) is 5.43 Å². The average molecular weight is 367 g/mol. The van der Waals surface area contributed by atoms with Crippen LogP contribution in [-0.2, 0) is 4.79 Å². The minimum absolute atomic E-state index is 0.115. The van der Waals surface area contributed by atoms with Gasteiger partial charge in [-0.05, 0) is 30.3 Å². The van der Waals surface area contributed by atoms with Crippen LogP contribution in [0, 0.1) is 10.1 Å². The van der Waals surface area contributed by atoms with Gasteiger partial charge < -0.3 is 13.9 Å². The minimum atomic E-state index is -0.738. The van der Waals surface area contributed by atoms with Gasteiger partial charge in [0.05, 0.1) is 23.0 Å². The molecular weight excluding hydrogens is 354 g/mol. The molecule has 0 aliphatic rings. The maximum atomic E-state index is 12.4. The Bertz CT molecular complexity index is 1100. The SMILES string of the molecule is COc1ccc2c(=O)c(/C=C/C(=O)Oc3ccc([N+](=O)[O-])cc3)coc2c1. The number of nitro benzene ring substituents is 1. The zero-order chi connectivity index (χ0) is 19.4. The van der Waals surface area contributed by atoms with Crippen molar-refractivity contribution in [3.8, 4) is 11.5 Å². The summed E-state index contributed by atoms with van der Waals surface area (Å²) in [5, 5.41) is 10.9. The third-order valence-corrected chi connectivity index (χ3v) is 3.67. The van der Waals surface area contributed by atoms with Gasteiger partial charge in [0, 0.05) is 24.3 Å². The molecule has 3 aromatic rings. The second kappa shape index (κ2) is 7.52. The molecule has 0 bridgehead atoms. The Balaban J connectivity index is 1.76. The van der Waals surface area contributed by atoms with Crippen molar-refractivity contribution >= 4 is 28.7 Å². The number of nitro groups is 1. The summed E-state index contributed by atoms with van der Waals surface area (Å²) in [4.78, 5) is 34.3. The van der Waals surface area contributed by atoms with Gasteiger partial charge in [0.1, 0.15) is 23.3 Å². The van der Waals surface area contributed by atoms with Crippen LogP contribution in [0.5, 0.6) is 11.5 Å². The van der Waals surface area contributed by atoms with E-state index in [4.69, 9.17) is 13.9 Å². The molecule has 0 saturated carbocycles. The summed E-state index contributed by atoms with van der Waals surface area (Å²) < 4.78 is 15.5. The van der Waals surface area contributed by atoms with Crippen molar-refractivity contribution in [1.82, 2.24) is 0 Å². The highest BCUT2D eigenvalue weighted by atomic mass is 16.6. The number of carbonyl (C=O) groups is 1. The lowest BCUT2D eigenvalue weighted by molar-refractivity contribution is -0.384. The van der Waals surface area contributed by atoms with E-state index in [9.17, 15) is 19.7 Å². The third kappa shape index (κ3) is 4.01. The van der Waals surface area contributed by atoms with Gasteiger partial charge >= 0.3 is 5.97 Å². The van der Waals surface area contributed by atoms with E-state index in [1.807, 2.05) is 0 Å². The van der Waals surface area contributed by atoms with E-state index in [2.05, 4.69) is 0 Å². The smallest absolute Gasteiger partial charge is 0.336 e. The second-order valence-corrected chi connectivity index (χ2v) is 5.39. The number of esters is 1. The van der Waals surface area contributed by atoms with E-state index in [0.29, 0.717) is 16.7 Å². The van der Waals surface area contributed by atoms with E-state index in [-0.39, 0.29) is 22.4 Å². The van der Waals surface area contributed by atoms with Gasteiger partial charge in [-0.3, -0.25) is 14.9 Å². The van der Waals surface area contributed by atoms with Crippen LogP contribution in [0.3, 0.4) is 0 Å². The van der Waals surface area contributed by atoms with E-state index in [1.165, 1.54) is 43.7 Å². The van der Waals surface area contributed by atoms with Crippen molar-refractivity contribution in [2.45, 2.75) is 0 Å². The molecule has 0 fully saturated rings. The van der Waals surface area contributed by atoms with Crippen LogP contribution < -0.4 is 14.9 Å². The van der Waals surface area contributed by atoms with Crippen molar-refractivity contribution in [1.29, 1.82) is 0 Å². The predicted octanol–water partition coefficient (Wildman–Crippen LogP) is 3.33. The molecule has 0 saturated heterocycles. The molecule has 0 N–H and O–H groups in total. The zero-order valence-corrected chi connectivity index (χ0v) is 14.1. The minimum Gasteiger partial charge on any atom is -0.497 e. The highest BCUT2D eigenvalue weighted by Gasteiger charge is 2.08. The molecule has 0 aliphatic carbocycles. The molecule has 0 radical (unpaired) electrons. The lowest BCUT2D eigenvalue weighted by Crippen LogP contribution is -2.07. The number of hydrogen-bond donors (Lipinski definition) is 0. The number of rotatable bonds is 5. The Kier molecular flexibility index (Phi) is 4.98. The van der Waals surface area contributed by atoms with Gasteiger partial charge in [-0.2, -0.15) is 0 Å². The molecular formula is C19H13NO7. The quantitative estimate of drug-likeness (QED) is 0.224. The van der Waals surface area contributed by atoms with Gasteiger partial charge in [-0.25, -0.2) is 4.79 Å². The second-order valence-electron chi connectivity index (χ2n) is 5.39. The standard InChI is InChI=1S/C19H13NO7/c1-25-15-7-8-16-17(10-15)26-11-12(19(16)22)2-9-18(21)27-14-5-3-13(4-6-14)20(23)24/h2-11H,1H3/b9-2+. The van der Waals surface area contributed by atoms with Crippen LogP contribution in [0.1, 0.15) is 5.56 Å². The highest BCUT2D eigenvalue weighted by Crippen LogP contribution is 2.20. The van der Waals surface area contributed by atoms with E-state index in [1.54, 1.807) is 18.2 Å². The Morgan fingerprint density at radius 2 is 1.85 bits per heavy atom. The Morgan fingerprint density at radius 1 is 1.15 bits per heavy atom. The number of nitrogens with zero attached hydrogens (tertiary/aromatic N) is 1. The Labute approximate surface area is 152 Å². The zero-order valence-electron chi connectivity index (χ0n) is 14.1.